The highest BCUT2D eigenvalue weighted by Gasteiger charge is 2.47. The van der Waals surface area contributed by atoms with Gasteiger partial charge in [-0.15, -0.1) is 0 Å². The minimum absolute atomic E-state index is 0.513. The first-order valence-electron chi connectivity index (χ1n) is 7.17. The third kappa shape index (κ3) is 2.49. The van der Waals surface area contributed by atoms with Crippen LogP contribution < -0.4 is 0 Å². The predicted molar refractivity (Wildman–Crippen MR) is 68.0 cm³/mol. The van der Waals surface area contributed by atoms with Crippen molar-refractivity contribution < 1.29 is 9.90 Å². The van der Waals surface area contributed by atoms with Crippen LogP contribution in [0.5, 0.6) is 0 Å². The highest BCUT2D eigenvalue weighted by molar-refractivity contribution is 5.79. The highest BCUT2D eigenvalue weighted by Crippen LogP contribution is 2.39. The van der Waals surface area contributed by atoms with Gasteiger partial charge >= 0.3 is 5.97 Å². The van der Waals surface area contributed by atoms with E-state index in [1.807, 2.05) is 0 Å². The first-order valence-corrected chi connectivity index (χ1v) is 7.17. The van der Waals surface area contributed by atoms with Crippen LogP contribution in [0.2, 0.25) is 0 Å². The molecule has 0 radical (unpaired) electrons. The van der Waals surface area contributed by atoms with Gasteiger partial charge in [-0.05, 0) is 57.5 Å². The molecule has 0 atom stereocenters. The van der Waals surface area contributed by atoms with Crippen molar-refractivity contribution >= 4 is 5.97 Å². The average Bonchev–Trinajstić information content (AvgIpc) is 2.84. The summed E-state index contributed by atoms with van der Waals surface area (Å²) in [5.74, 6) is 0.199. The topological polar surface area (TPSA) is 40.5 Å². The summed E-state index contributed by atoms with van der Waals surface area (Å²) in [6.07, 6.45) is 8.80. The Balaban J connectivity index is 2.02. The van der Waals surface area contributed by atoms with Crippen LogP contribution >= 0.6 is 0 Å². The van der Waals surface area contributed by atoms with Gasteiger partial charge in [-0.3, -0.25) is 9.69 Å². The number of carboxylic acids is 1. The van der Waals surface area contributed by atoms with Gasteiger partial charge in [-0.1, -0.05) is 19.8 Å². The molecule has 0 bridgehead atoms. The molecule has 0 aromatic rings. The monoisotopic (exact) mass is 239 g/mol. The molecule has 1 aliphatic carbocycles. The molecule has 0 spiro atoms. The highest BCUT2D eigenvalue weighted by atomic mass is 16.4. The maximum absolute atomic E-state index is 11.7. The molecule has 1 saturated heterocycles. The van der Waals surface area contributed by atoms with Gasteiger partial charge in [0.05, 0.1) is 0 Å². The van der Waals surface area contributed by atoms with Crippen LogP contribution in [0.25, 0.3) is 0 Å². The molecule has 1 saturated carbocycles. The third-order valence-electron chi connectivity index (χ3n) is 4.74. The number of carboxylic acid groups (broad SMARTS) is 1. The number of hydrogen-bond donors (Lipinski definition) is 1. The number of aliphatic carboxylic acids is 1. The second kappa shape index (κ2) is 5.38. The first kappa shape index (κ1) is 12.9. The zero-order valence-corrected chi connectivity index (χ0v) is 11.0. The lowest BCUT2D eigenvalue weighted by Gasteiger charge is -2.43. The fourth-order valence-corrected chi connectivity index (χ4v) is 3.66. The summed E-state index contributed by atoms with van der Waals surface area (Å²) < 4.78 is 0. The van der Waals surface area contributed by atoms with Crippen molar-refractivity contribution in [1.82, 2.24) is 4.90 Å². The molecule has 1 heterocycles. The van der Waals surface area contributed by atoms with Crippen LogP contribution in [-0.2, 0) is 4.79 Å². The minimum atomic E-state index is -0.575. The van der Waals surface area contributed by atoms with Crippen molar-refractivity contribution in [2.75, 3.05) is 13.1 Å². The molecule has 3 heteroatoms. The van der Waals surface area contributed by atoms with Crippen LogP contribution in [0.4, 0.5) is 0 Å². The summed E-state index contributed by atoms with van der Waals surface area (Å²) >= 11 is 0. The van der Waals surface area contributed by atoms with E-state index in [1.165, 1.54) is 25.7 Å². The lowest BCUT2D eigenvalue weighted by atomic mass is 9.74. The number of hydrogen-bond acceptors (Lipinski definition) is 2. The van der Waals surface area contributed by atoms with Gasteiger partial charge in [0.25, 0.3) is 0 Å². The molecule has 0 unspecified atom stereocenters. The largest absolute Gasteiger partial charge is 0.480 e. The summed E-state index contributed by atoms with van der Waals surface area (Å²) in [5.41, 5.74) is -0.513. The molecule has 0 aromatic heterocycles. The van der Waals surface area contributed by atoms with E-state index in [-0.39, 0.29) is 0 Å². The summed E-state index contributed by atoms with van der Waals surface area (Å²) in [5, 5.41) is 9.62. The molecule has 2 fully saturated rings. The molecule has 1 N–H and O–H groups in total. The molecule has 2 aliphatic rings. The predicted octanol–water partition coefficient (Wildman–Crippen LogP) is 2.90. The smallest absolute Gasteiger partial charge is 0.324 e. The van der Waals surface area contributed by atoms with Crippen molar-refractivity contribution in [3.05, 3.63) is 0 Å². The van der Waals surface area contributed by atoms with E-state index in [1.54, 1.807) is 0 Å². The Morgan fingerprint density at radius 1 is 1.29 bits per heavy atom. The van der Waals surface area contributed by atoms with Crippen LogP contribution in [0, 0.1) is 5.92 Å². The fraction of sp³-hybridized carbons (Fsp3) is 0.929. The van der Waals surface area contributed by atoms with Gasteiger partial charge in [0.2, 0.25) is 0 Å². The van der Waals surface area contributed by atoms with Gasteiger partial charge in [0.15, 0.2) is 0 Å². The molecule has 98 valence electrons. The van der Waals surface area contributed by atoms with E-state index < -0.39 is 11.5 Å². The second-order valence-electron chi connectivity index (χ2n) is 5.76. The molecular weight excluding hydrogens is 214 g/mol. The van der Waals surface area contributed by atoms with E-state index in [4.69, 9.17) is 0 Å². The molecule has 0 amide bonds. The van der Waals surface area contributed by atoms with E-state index >= 15 is 0 Å². The zero-order chi connectivity index (χ0) is 12.3. The molecule has 2 rings (SSSR count). The van der Waals surface area contributed by atoms with Gasteiger partial charge < -0.3 is 5.11 Å². The van der Waals surface area contributed by atoms with E-state index in [0.29, 0.717) is 0 Å². The Morgan fingerprint density at radius 3 is 2.35 bits per heavy atom. The lowest BCUT2D eigenvalue weighted by Crippen LogP contribution is -2.55. The van der Waals surface area contributed by atoms with Gasteiger partial charge in [-0.25, -0.2) is 0 Å². The number of likely N-dealkylation sites (tertiary alicyclic amines) is 1. The van der Waals surface area contributed by atoms with Crippen molar-refractivity contribution in [2.45, 2.75) is 63.8 Å². The average molecular weight is 239 g/mol. The van der Waals surface area contributed by atoms with Crippen molar-refractivity contribution in [3.63, 3.8) is 0 Å². The molecule has 17 heavy (non-hydrogen) atoms. The maximum Gasteiger partial charge on any atom is 0.324 e. The number of nitrogens with zero attached hydrogens (tertiary/aromatic N) is 1. The van der Waals surface area contributed by atoms with Gasteiger partial charge in [0, 0.05) is 0 Å². The van der Waals surface area contributed by atoms with E-state index in [2.05, 4.69) is 11.8 Å². The van der Waals surface area contributed by atoms with Gasteiger partial charge in [0.1, 0.15) is 5.54 Å². The van der Waals surface area contributed by atoms with Crippen LogP contribution in [-0.4, -0.2) is 34.6 Å². The molecule has 0 aromatic carbocycles. The maximum atomic E-state index is 11.7. The minimum Gasteiger partial charge on any atom is -0.480 e. The van der Waals surface area contributed by atoms with E-state index in [0.717, 1.165) is 44.7 Å². The first-order chi connectivity index (χ1) is 8.19. The van der Waals surface area contributed by atoms with Gasteiger partial charge in [-0.2, -0.15) is 0 Å². The zero-order valence-electron chi connectivity index (χ0n) is 11.0. The standard InChI is InChI=1S/C14H25NO2/c1-2-5-12-6-8-14(9-7-12,13(16)17)15-10-3-4-11-15/h12H,2-11H2,1H3,(H,16,17). The number of rotatable bonds is 4. The molecular formula is C14H25NO2. The Hall–Kier alpha value is -0.570. The Morgan fingerprint density at radius 2 is 1.88 bits per heavy atom. The molecule has 1 aliphatic heterocycles. The summed E-state index contributed by atoms with van der Waals surface area (Å²) in [6.45, 7) is 4.20. The van der Waals surface area contributed by atoms with Crippen LogP contribution in [0.3, 0.4) is 0 Å². The second-order valence-corrected chi connectivity index (χ2v) is 5.76. The quantitative estimate of drug-likeness (QED) is 0.820. The summed E-state index contributed by atoms with van der Waals surface area (Å²) in [7, 11) is 0. The van der Waals surface area contributed by atoms with Crippen LogP contribution in [0.15, 0.2) is 0 Å². The number of carbonyl (C=O) groups is 1. The van der Waals surface area contributed by atoms with Crippen molar-refractivity contribution in [2.24, 2.45) is 5.92 Å². The van der Waals surface area contributed by atoms with E-state index in [9.17, 15) is 9.90 Å². The lowest BCUT2D eigenvalue weighted by molar-refractivity contribution is -0.154. The Kier molecular flexibility index (Phi) is 4.08. The van der Waals surface area contributed by atoms with Crippen molar-refractivity contribution in [3.8, 4) is 0 Å². The third-order valence-corrected chi connectivity index (χ3v) is 4.74. The fourth-order valence-electron chi connectivity index (χ4n) is 3.66. The normalized spacial score (nSPS) is 35.0. The van der Waals surface area contributed by atoms with Crippen LogP contribution in [0.1, 0.15) is 58.3 Å². The Bertz CT molecular complexity index is 263. The summed E-state index contributed by atoms with van der Waals surface area (Å²) in [4.78, 5) is 13.9. The summed E-state index contributed by atoms with van der Waals surface area (Å²) in [6, 6.07) is 0. The molecule has 3 nitrogen and oxygen atoms in total. The Labute approximate surface area is 104 Å². The van der Waals surface area contributed by atoms with Crippen molar-refractivity contribution in [1.29, 1.82) is 0 Å². The SMILES string of the molecule is CCCC1CCC(C(=O)O)(N2CCCC2)CC1.